The fraction of sp³-hybridized carbons (Fsp3) is 0.583. The fourth-order valence-corrected chi connectivity index (χ4v) is 1.64. The average Bonchev–Trinajstić information content (AvgIpc) is 2.37. The summed E-state index contributed by atoms with van der Waals surface area (Å²) in [6.45, 7) is 0.814. The highest BCUT2D eigenvalue weighted by atomic mass is 16.6. The largest absolute Gasteiger partial charge is 0.430 e. The number of isocyanates is 2. The van der Waals surface area contributed by atoms with Crippen molar-refractivity contribution in [2.75, 3.05) is 13.1 Å². The quantitative estimate of drug-likeness (QED) is 0.281. The van der Waals surface area contributed by atoms with Gasteiger partial charge in [-0.05, 0) is 31.8 Å². The second-order valence-electron chi connectivity index (χ2n) is 3.81. The Kier molecular flexibility index (Phi) is 6.33. The summed E-state index contributed by atoms with van der Waals surface area (Å²) in [4.78, 5) is 37.7. The van der Waals surface area contributed by atoms with Crippen LogP contribution >= 0.6 is 0 Å². The van der Waals surface area contributed by atoms with Crippen LogP contribution in [0.25, 0.3) is 0 Å². The lowest BCUT2D eigenvalue weighted by molar-refractivity contribution is -0.157. The summed E-state index contributed by atoms with van der Waals surface area (Å²) in [5, 5.41) is 0. The van der Waals surface area contributed by atoms with E-state index in [9.17, 15) is 14.4 Å². The maximum atomic E-state index is 11.2. The topological polar surface area (TPSA) is 85.2 Å². The van der Waals surface area contributed by atoms with Crippen molar-refractivity contribution in [3.8, 4) is 0 Å². The molecule has 0 N–H and O–H groups in total. The highest BCUT2D eigenvalue weighted by Gasteiger charge is 2.36. The summed E-state index contributed by atoms with van der Waals surface area (Å²) in [5.41, 5.74) is 0. The van der Waals surface area contributed by atoms with E-state index >= 15 is 0 Å². The van der Waals surface area contributed by atoms with E-state index in [-0.39, 0.29) is 11.9 Å². The number of esters is 1. The van der Waals surface area contributed by atoms with Gasteiger partial charge >= 0.3 is 5.97 Å². The Morgan fingerprint density at radius 2 is 1.83 bits per heavy atom. The fourth-order valence-electron chi connectivity index (χ4n) is 1.64. The highest BCUT2D eigenvalue weighted by Crippen LogP contribution is 2.31. The molecular weight excluding hydrogens is 236 g/mol. The minimum atomic E-state index is -0.234. The van der Waals surface area contributed by atoms with Gasteiger partial charge in [-0.1, -0.05) is 0 Å². The number of aliphatic imine (C=N–C) groups is 2. The summed E-state index contributed by atoms with van der Waals surface area (Å²) in [6.07, 6.45) is 7.47. The summed E-state index contributed by atoms with van der Waals surface area (Å²) >= 11 is 0. The standard InChI is InChI=1S/C12H14N2O4/c15-8-13-6-2-1-5-11-10(12(17)18-11)4-3-7-14-9-16/h5,10H,1-4,6-7H2/b11-5-. The van der Waals surface area contributed by atoms with Crippen LogP contribution in [-0.4, -0.2) is 31.2 Å². The molecule has 0 aromatic rings. The molecule has 1 unspecified atom stereocenters. The smallest absolute Gasteiger partial charge is 0.321 e. The molecule has 96 valence electrons. The van der Waals surface area contributed by atoms with Gasteiger partial charge in [0, 0.05) is 0 Å². The maximum absolute atomic E-state index is 11.2. The zero-order valence-corrected chi connectivity index (χ0v) is 9.92. The number of carbonyl (C=O) groups excluding carboxylic acids is 3. The zero-order chi connectivity index (χ0) is 13.2. The molecule has 0 spiro atoms. The van der Waals surface area contributed by atoms with Crippen molar-refractivity contribution < 1.29 is 19.1 Å². The van der Waals surface area contributed by atoms with Crippen LogP contribution in [0.4, 0.5) is 0 Å². The number of hydrogen-bond acceptors (Lipinski definition) is 6. The van der Waals surface area contributed by atoms with E-state index in [0.717, 1.165) is 6.42 Å². The molecule has 1 saturated heterocycles. The van der Waals surface area contributed by atoms with Crippen LogP contribution in [0.15, 0.2) is 21.8 Å². The summed E-state index contributed by atoms with van der Waals surface area (Å²) in [6, 6.07) is 0. The molecule has 6 nitrogen and oxygen atoms in total. The highest BCUT2D eigenvalue weighted by molar-refractivity contribution is 5.82. The van der Waals surface area contributed by atoms with Crippen LogP contribution < -0.4 is 0 Å². The lowest BCUT2D eigenvalue weighted by Crippen LogP contribution is -2.32. The molecule has 1 heterocycles. The van der Waals surface area contributed by atoms with Crippen molar-refractivity contribution in [3.63, 3.8) is 0 Å². The first kappa shape index (κ1) is 14.0. The first-order valence-electron chi connectivity index (χ1n) is 5.78. The molecular formula is C12H14N2O4. The Labute approximate surface area is 104 Å². The van der Waals surface area contributed by atoms with E-state index < -0.39 is 0 Å². The Morgan fingerprint density at radius 1 is 1.17 bits per heavy atom. The normalized spacial score (nSPS) is 19.4. The van der Waals surface area contributed by atoms with Gasteiger partial charge in [0.1, 0.15) is 11.7 Å². The molecule has 0 bridgehead atoms. The summed E-state index contributed by atoms with van der Waals surface area (Å²) in [7, 11) is 0. The molecule has 0 saturated carbocycles. The van der Waals surface area contributed by atoms with Gasteiger partial charge in [-0.15, -0.1) is 0 Å². The van der Waals surface area contributed by atoms with Gasteiger partial charge in [-0.3, -0.25) is 4.79 Å². The van der Waals surface area contributed by atoms with Crippen LogP contribution in [0, 0.1) is 5.92 Å². The van der Waals surface area contributed by atoms with Crippen LogP contribution in [0.2, 0.25) is 0 Å². The molecule has 0 aromatic carbocycles. The van der Waals surface area contributed by atoms with E-state index in [1.165, 1.54) is 12.2 Å². The van der Waals surface area contributed by atoms with Gasteiger partial charge in [0.15, 0.2) is 0 Å². The number of nitrogens with zero attached hydrogens (tertiary/aromatic N) is 2. The molecule has 1 aliphatic heterocycles. The number of carbonyl (C=O) groups is 1. The molecule has 6 heteroatoms. The monoisotopic (exact) mass is 250 g/mol. The Morgan fingerprint density at radius 3 is 2.44 bits per heavy atom. The number of allylic oxidation sites excluding steroid dienone is 1. The number of unbranched alkanes of at least 4 members (excludes halogenated alkanes) is 1. The van der Waals surface area contributed by atoms with Crippen molar-refractivity contribution in [1.29, 1.82) is 0 Å². The summed E-state index contributed by atoms with van der Waals surface area (Å²) in [5.74, 6) is 0.230. The third-order valence-electron chi connectivity index (χ3n) is 2.56. The zero-order valence-electron chi connectivity index (χ0n) is 9.92. The van der Waals surface area contributed by atoms with Crippen LogP contribution in [0.1, 0.15) is 25.7 Å². The predicted octanol–water partition coefficient (Wildman–Crippen LogP) is 1.28. The molecule has 1 atom stereocenters. The molecule has 18 heavy (non-hydrogen) atoms. The van der Waals surface area contributed by atoms with Gasteiger partial charge in [0.2, 0.25) is 12.2 Å². The molecule has 0 aromatic heterocycles. The van der Waals surface area contributed by atoms with E-state index in [0.29, 0.717) is 38.1 Å². The molecule has 0 aliphatic carbocycles. The number of ether oxygens (including phenoxy) is 1. The van der Waals surface area contributed by atoms with E-state index in [4.69, 9.17) is 4.74 Å². The first-order valence-corrected chi connectivity index (χ1v) is 5.78. The number of hydrogen-bond donors (Lipinski definition) is 0. The SMILES string of the molecule is O=C=NCCC/C=C1\OC(=O)C1CCCN=C=O. The Hall–Kier alpha value is -2.03. The third kappa shape index (κ3) is 4.45. The average molecular weight is 250 g/mol. The van der Waals surface area contributed by atoms with Gasteiger partial charge < -0.3 is 4.74 Å². The second kappa shape index (κ2) is 8.12. The molecule has 0 amide bonds. The van der Waals surface area contributed by atoms with E-state index in [1.807, 2.05) is 6.08 Å². The summed E-state index contributed by atoms with van der Waals surface area (Å²) < 4.78 is 4.92. The third-order valence-corrected chi connectivity index (χ3v) is 2.56. The predicted molar refractivity (Wildman–Crippen MR) is 62.1 cm³/mol. The van der Waals surface area contributed by atoms with E-state index in [1.54, 1.807) is 0 Å². The molecule has 0 radical (unpaired) electrons. The minimum absolute atomic E-state index is 0.207. The Bertz CT molecular complexity index is 418. The minimum Gasteiger partial charge on any atom is -0.430 e. The maximum Gasteiger partial charge on any atom is 0.321 e. The van der Waals surface area contributed by atoms with Crippen molar-refractivity contribution in [2.24, 2.45) is 15.9 Å². The van der Waals surface area contributed by atoms with Crippen LogP contribution in [0.5, 0.6) is 0 Å². The van der Waals surface area contributed by atoms with Crippen LogP contribution in [0.3, 0.4) is 0 Å². The van der Waals surface area contributed by atoms with E-state index in [2.05, 4.69) is 9.98 Å². The van der Waals surface area contributed by atoms with Gasteiger partial charge in [0.05, 0.1) is 13.1 Å². The number of cyclic esters (lactones) is 1. The Balaban J connectivity index is 2.28. The lowest BCUT2D eigenvalue weighted by atomic mass is 9.95. The van der Waals surface area contributed by atoms with Gasteiger partial charge in [-0.25, -0.2) is 19.6 Å². The molecule has 1 rings (SSSR count). The van der Waals surface area contributed by atoms with Crippen LogP contribution in [-0.2, 0) is 19.1 Å². The van der Waals surface area contributed by atoms with Gasteiger partial charge in [-0.2, -0.15) is 0 Å². The van der Waals surface area contributed by atoms with Crippen molar-refractivity contribution in [2.45, 2.75) is 25.7 Å². The second-order valence-corrected chi connectivity index (χ2v) is 3.81. The molecule has 1 aliphatic rings. The lowest BCUT2D eigenvalue weighted by Gasteiger charge is -2.27. The first-order chi connectivity index (χ1) is 8.79. The van der Waals surface area contributed by atoms with Crippen molar-refractivity contribution in [3.05, 3.63) is 11.8 Å². The van der Waals surface area contributed by atoms with Gasteiger partial charge in [0.25, 0.3) is 0 Å². The molecule has 1 fully saturated rings. The van der Waals surface area contributed by atoms with Crippen molar-refractivity contribution >= 4 is 18.1 Å². The number of rotatable bonds is 8. The van der Waals surface area contributed by atoms with Crippen molar-refractivity contribution in [1.82, 2.24) is 0 Å².